The van der Waals surface area contributed by atoms with Crippen LogP contribution in [0, 0.1) is 0 Å². The first kappa shape index (κ1) is 13.8. The molecule has 0 aliphatic carbocycles. The Balaban J connectivity index is 1.88. The minimum atomic E-state index is -1.04. The predicted molar refractivity (Wildman–Crippen MR) is 76.8 cm³/mol. The highest BCUT2D eigenvalue weighted by Gasteiger charge is 2.15. The Labute approximate surface area is 120 Å². The molecule has 2 aromatic rings. The topological polar surface area (TPSA) is 87.6 Å². The summed E-state index contributed by atoms with van der Waals surface area (Å²) in [6.07, 6.45) is 0. The zero-order valence-electron chi connectivity index (χ0n) is 11.5. The van der Waals surface area contributed by atoms with E-state index in [1.807, 2.05) is 0 Å². The third-order valence-electron chi connectivity index (χ3n) is 3.78. The van der Waals surface area contributed by atoms with Crippen molar-refractivity contribution in [3.05, 3.63) is 34.2 Å². The Hall–Kier alpha value is -2.12. The van der Waals surface area contributed by atoms with E-state index in [4.69, 9.17) is 9.84 Å². The molecule has 21 heavy (non-hydrogen) atoms. The summed E-state index contributed by atoms with van der Waals surface area (Å²) in [4.78, 5) is 28.1. The number of aromatic amines is 1. The molecule has 0 amide bonds. The summed E-state index contributed by atoms with van der Waals surface area (Å²) in [5.41, 5.74) is 0.867. The van der Waals surface area contributed by atoms with Gasteiger partial charge in [-0.25, -0.2) is 9.59 Å². The average Bonchev–Trinajstić information content (AvgIpc) is 2.81. The Morgan fingerprint density at radius 2 is 2.05 bits per heavy atom. The van der Waals surface area contributed by atoms with Gasteiger partial charge < -0.3 is 14.8 Å². The van der Waals surface area contributed by atoms with Crippen LogP contribution in [0.4, 0.5) is 0 Å². The van der Waals surface area contributed by atoms with E-state index in [-0.39, 0.29) is 11.3 Å². The first-order chi connectivity index (χ1) is 10.2. The van der Waals surface area contributed by atoms with Crippen LogP contribution in [0.5, 0.6) is 0 Å². The van der Waals surface area contributed by atoms with Crippen molar-refractivity contribution < 1.29 is 14.6 Å². The molecule has 0 saturated carbocycles. The largest absolute Gasteiger partial charge is 0.478 e. The second kappa shape index (κ2) is 5.71. The van der Waals surface area contributed by atoms with E-state index < -0.39 is 5.97 Å². The van der Waals surface area contributed by atoms with Crippen molar-refractivity contribution in [2.45, 2.75) is 6.54 Å². The molecule has 1 aromatic carbocycles. The van der Waals surface area contributed by atoms with Gasteiger partial charge >= 0.3 is 11.7 Å². The van der Waals surface area contributed by atoms with Crippen LogP contribution in [-0.2, 0) is 11.3 Å². The molecular formula is C14H17N3O4. The molecule has 1 fully saturated rings. The molecule has 1 saturated heterocycles. The molecule has 0 bridgehead atoms. The molecule has 7 heteroatoms. The van der Waals surface area contributed by atoms with Crippen molar-refractivity contribution in [2.24, 2.45) is 0 Å². The normalized spacial score (nSPS) is 16.4. The Kier molecular flexibility index (Phi) is 3.76. The number of hydrogen-bond acceptors (Lipinski definition) is 4. The monoisotopic (exact) mass is 291 g/mol. The third-order valence-corrected chi connectivity index (χ3v) is 3.78. The van der Waals surface area contributed by atoms with Gasteiger partial charge in [0.25, 0.3) is 0 Å². The van der Waals surface area contributed by atoms with E-state index in [1.54, 1.807) is 16.7 Å². The maximum Gasteiger partial charge on any atom is 0.337 e. The first-order valence-corrected chi connectivity index (χ1v) is 6.92. The van der Waals surface area contributed by atoms with Crippen LogP contribution in [0.1, 0.15) is 10.4 Å². The second-order valence-electron chi connectivity index (χ2n) is 5.04. The number of benzene rings is 1. The highest BCUT2D eigenvalue weighted by molar-refractivity contribution is 6.00. The molecule has 0 unspecified atom stereocenters. The number of H-pyrrole nitrogens is 1. The number of rotatable bonds is 4. The van der Waals surface area contributed by atoms with Gasteiger partial charge in [-0.05, 0) is 12.1 Å². The lowest BCUT2D eigenvalue weighted by Gasteiger charge is -2.26. The number of morpholine rings is 1. The molecular weight excluding hydrogens is 274 g/mol. The van der Waals surface area contributed by atoms with Gasteiger partial charge in [0, 0.05) is 26.2 Å². The zero-order chi connectivity index (χ0) is 14.8. The van der Waals surface area contributed by atoms with Gasteiger partial charge in [0.2, 0.25) is 0 Å². The third kappa shape index (κ3) is 2.70. The quantitative estimate of drug-likeness (QED) is 0.849. The summed E-state index contributed by atoms with van der Waals surface area (Å²) in [5.74, 6) is -1.04. The van der Waals surface area contributed by atoms with Crippen LogP contribution in [0.3, 0.4) is 0 Å². The lowest BCUT2D eigenvalue weighted by Crippen LogP contribution is -2.39. The highest BCUT2D eigenvalue weighted by atomic mass is 16.5. The number of para-hydroxylation sites is 1. The summed E-state index contributed by atoms with van der Waals surface area (Å²) in [6.45, 7) is 4.42. The van der Waals surface area contributed by atoms with E-state index in [0.717, 1.165) is 19.6 Å². The van der Waals surface area contributed by atoms with E-state index >= 15 is 0 Å². The Morgan fingerprint density at radius 1 is 1.29 bits per heavy atom. The summed E-state index contributed by atoms with van der Waals surface area (Å²) in [7, 11) is 0. The van der Waals surface area contributed by atoms with E-state index in [0.29, 0.717) is 30.8 Å². The summed E-state index contributed by atoms with van der Waals surface area (Å²) < 4.78 is 6.89. The van der Waals surface area contributed by atoms with Crippen LogP contribution in [0.2, 0.25) is 0 Å². The molecule has 1 aromatic heterocycles. The molecule has 112 valence electrons. The summed E-state index contributed by atoms with van der Waals surface area (Å²) in [6, 6.07) is 4.91. The van der Waals surface area contributed by atoms with Crippen molar-refractivity contribution >= 4 is 17.0 Å². The van der Waals surface area contributed by atoms with Crippen molar-refractivity contribution in [3.63, 3.8) is 0 Å². The Bertz CT molecular complexity index is 713. The van der Waals surface area contributed by atoms with Gasteiger partial charge in [-0.3, -0.25) is 9.47 Å². The molecule has 3 rings (SSSR count). The maximum absolute atomic E-state index is 12.1. The number of ether oxygens (including phenoxy) is 1. The van der Waals surface area contributed by atoms with Crippen LogP contribution in [-0.4, -0.2) is 58.4 Å². The minimum Gasteiger partial charge on any atom is -0.478 e. The molecule has 2 heterocycles. The molecule has 1 aliphatic heterocycles. The van der Waals surface area contributed by atoms with Gasteiger partial charge in [0.15, 0.2) is 0 Å². The smallest absolute Gasteiger partial charge is 0.337 e. The lowest BCUT2D eigenvalue weighted by atomic mass is 10.2. The number of nitrogens with one attached hydrogen (secondary N) is 1. The Morgan fingerprint density at radius 3 is 2.76 bits per heavy atom. The molecule has 0 spiro atoms. The number of aromatic carboxylic acids is 1. The molecule has 0 radical (unpaired) electrons. The number of nitrogens with zero attached hydrogens (tertiary/aromatic N) is 2. The lowest BCUT2D eigenvalue weighted by molar-refractivity contribution is 0.0364. The van der Waals surface area contributed by atoms with Gasteiger partial charge in [-0.1, -0.05) is 6.07 Å². The number of carboxylic acid groups (broad SMARTS) is 1. The number of aromatic nitrogens is 2. The van der Waals surface area contributed by atoms with Crippen LogP contribution in [0.25, 0.3) is 11.0 Å². The standard InChI is InChI=1S/C14H17N3O4/c18-13(19)10-2-1-3-11-12(10)15-14(20)17(11)5-4-16-6-8-21-9-7-16/h1-3H,4-9H2,(H,15,20)(H,18,19). The molecule has 7 nitrogen and oxygen atoms in total. The van der Waals surface area contributed by atoms with Crippen molar-refractivity contribution in [1.29, 1.82) is 0 Å². The summed E-state index contributed by atoms with van der Waals surface area (Å²) >= 11 is 0. The van der Waals surface area contributed by atoms with Gasteiger partial charge in [0.05, 0.1) is 29.8 Å². The fourth-order valence-electron chi connectivity index (χ4n) is 2.65. The number of fused-ring (bicyclic) bond motifs is 1. The number of carbonyl (C=O) groups is 1. The number of imidazole rings is 1. The van der Waals surface area contributed by atoms with E-state index in [9.17, 15) is 9.59 Å². The fraction of sp³-hybridized carbons (Fsp3) is 0.429. The van der Waals surface area contributed by atoms with Crippen LogP contribution in [0.15, 0.2) is 23.0 Å². The van der Waals surface area contributed by atoms with E-state index in [2.05, 4.69) is 9.88 Å². The predicted octanol–water partition coefficient (Wildman–Crippen LogP) is 0.360. The molecule has 2 N–H and O–H groups in total. The van der Waals surface area contributed by atoms with Gasteiger partial charge in [-0.2, -0.15) is 0 Å². The second-order valence-corrected chi connectivity index (χ2v) is 5.04. The SMILES string of the molecule is O=C(O)c1cccc2c1[nH]c(=O)n2CCN1CCOCC1. The highest BCUT2D eigenvalue weighted by Crippen LogP contribution is 2.15. The molecule has 1 aliphatic rings. The zero-order valence-corrected chi connectivity index (χ0v) is 11.5. The van der Waals surface area contributed by atoms with Crippen molar-refractivity contribution in [2.75, 3.05) is 32.8 Å². The van der Waals surface area contributed by atoms with Crippen LogP contribution >= 0.6 is 0 Å². The average molecular weight is 291 g/mol. The maximum atomic E-state index is 12.1. The van der Waals surface area contributed by atoms with Gasteiger partial charge in [-0.15, -0.1) is 0 Å². The van der Waals surface area contributed by atoms with E-state index in [1.165, 1.54) is 6.07 Å². The number of carboxylic acids is 1. The van der Waals surface area contributed by atoms with Gasteiger partial charge in [0.1, 0.15) is 0 Å². The minimum absolute atomic E-state index is 0.120. The fourth-order valence-corrected chi connectivity index (χ4v) is 2.65. The number of hydrogen-bond donors (Lipinski definition) is 2. The first-order valence-electron chi connectivity index (χ1n) is 6.92. The van der Waals surface area contributed by atoms with Crippen molar-refractivity contribution in [3.8, 4) is 0 Å². The summed E-state index contributed by atoms with van der Waals surface area (Å²) in [5, 5.41) is 9.16. The molecule has 0 atom stereocenters. The van der Waals surface area contributed by atoms with Crippen molar-refractivity contribution in [1.82, 2.24) is 14.5 Å². The van der Waals surface area contributed by atoms with Crippen LogP contribution < -0.4 is 5.69 Å².